The molecule has 4 atom stereocenters. The van der Waals surface area contributed by atoms with Crippen molar-refractivity contribution in [2.75, 3.05) is 13.2 Å². The van der Waals surface area contributed by atoms with Crippen LogP contribution >= 0.6 is 0 Å². The van der Waals surface area contributed by atoms with Crippen LogP contribution < -0.4 is 0 Å². The van der Waals surface area contributed by atoms with Gasteiger partial charge in [0.25, 0.3) is 0 Å². The van der Waals surface area contributed by atoms with E-state index in [0.717, 1.165) is 12.8 Å². The van der Waals surface area contributed by atoms with Gasteiger partial charge in [-0.3, -0.25) is 0 Å². The number of hydrogen-bond acceptors (Lipinski definition) is 5. The summed E-state index contributed by atoms with van der Waals surface area (Å²) in [7, 11) is 0. The largest absolute Gasteiger partial charge is 0.388 e. The first-order valence-corrected chi connectivity index (χ1v) is 6.94. The van der Waals surface area contributed by atoms with E-state index in [1.165, 1.54) is 25.7 Å². The molecule has 1 heterocycles. The molecular weight excluding hydrogens is 236 g/mol. The van der Waals surface area contributed by atoms with Crippen LogP contribution in [0.1, 0.15) is 45.4 Å². The Bertz CT molecular complexity index is 212. The topological polar surface area (TPSA) is 79.2 Å². The van der Waals surface area contributed by atoms with Crippen molar-refractivity contribution in [3.63, 3.8) is 0 Å². The smallest absolute Gasteiger partial charge is 0.183 e. The van der Waals surface area contributed by atoms with Gasteiger partial charge in [0.15, 0.2) is 6.29 Å². The zero-order chi connectivity index (χ0) is 13.4. The van der Waals surface area contributed by atoms with E-state index in [1.54, 1.807) is 0 Å². The summed E-state index contributed by atoms with van der Waals surface area (Å²) >= 11 is 0. The molecule has 0 bridgehead atoms. The first-order valence-electron chi connectivity index (χ1n) is 6.94. The summed E-state index contributed by atoms with van der Waals surface area (Å²) in [5, 5.41) is 28.5. The highest BCUT2D eigenvalue weighted by atomic mass is 16.6. The molecule has 0 aromatic carbocycles. The molecule has 3 N–H and O–H groups in total. The average molecular weight is 262 g/mol. The molecule has 1 fully saturated rings. The Labute approximate surface area is 109 Å². The summed E-state index contributed by atoms with van der Waals surface area (Å²) in [5.41, 5.74) is 0. The minimum atomic E-state index is -1.26. The van der Waals surface area contributed by atoms with Crippen molar-refractivity contribution < 1.29 is 24.8 Å². The molecule has 0 radical (unpaired) electrons. The van der Waals surface area contributed by atoms with Gasteiger partial charge in [-0.25, -0.2) is 0 Å². The van der Waals surface area contributed by atoms with Crippen molar-refractivity contribution in [2.45, 2.75) is 70.1 Å². The normalized spacial score (nSPS) is 32.7. The van der Waals surface area contributed by atoms with E-state index in [-0.39, 0.29) is 6.61 Å². The lowest BCUT2D eigenvalue weighted by molar-refractivity contribution is -0.262. The van der Waals surface area contributed by atoms with Gasteiger partial charge in [0, 0.05) is 6.61 Å². The quantitative estimate of drug-likeness (QED) is 0.564. The summed E-state index contributed by atoms with van der Waals surface area (Å²) in [5.74, 6) is 0. The third-order valence-corrected chi connectivity index (χ3v) is 3.25. The van der Waals surface area contributed by atoms with E-state index in [2.05, 4.69) is 6.92 Å². The molecule has 0 aliphatic carbocycles. The molecule has 0 aromatic heterocycles. The van der Waals surface area contributed by atoms with Gasteiger partial charge in [-0.2, -0.15) is 0 Å². The lowest BCUT2D eigenvalue weighted by Gasteiger charge is -2.35. The van der Waals surface area contributed by atoms with E-state index in [9.17, 15) is 15.3 Å². The van der Waals surface area contributed by atoms with E-state index in [0.29, 0.717) is 6.61 Å². The lowest BCUT2D eigenvalue weighted by atomic mass is 10.1. The predicted molar refractivity (Wildman–Crippen MR) is 67.1 cm³/mol. The van der Waals surface area contributed by atoms with Crippen LogP contribution in [-0.4, -0.2) is 53.1 Å². The van der Waals surface area contributed by atoms with Gasteiger partial charge in [-0.15, -0.1) is 0 Å². The van der Waals surface area contributed by atoms with Crippen LogP contribution in [0.3, 0.4) is 0 Å². The number of rotatable bonds is 8. The highest BCUT2D eigenvalue weighted by Crippen LogP contribution is 2.17. The molecule has 108 valence electrons. The fourth-order valence-corrected chi connectivity index (χ4v) is 2.09. The summed E-state index contributed by atoms with van der Waals surface area (Å²) in [6.45, 7) is 2.68. The molecule has 1 aliphatic rings. The monoisotopic (exact) mass is 262 g/mol. The molecule has 0 aromatic rings. The Kier molecular flexibility index (Phi) is 7.77. The Morgan fingerprint density at radius 2 is 1.72 bits per heavy atom. The van der Waals surface area contributed by atoms with Gasteiger partial charge in [-0.1, -0.05) is 39.0 Å². The summed E-state index contributed by atoms with van der Waals surface area (Å²) in [6, 6.07) is 0. The second kappa shape index (κ2) is 8.82. The Morgan fingerprint density at radius 3 is 2.44 bits per heavy atom. The van der Waals surface area contributed by atoms with Gasteiger partial charge < -0.3 is 24.8 Å². The van der Waals surface area contributed by atoms with Crippen molar-refractivity contribution in [3.05, 3.63) is 0 Å². The van der Waals surface area contributed by atoms with Gasteiger partial charge >= 0.3 is 0 Å². The van der Waals surface area contributed by atoms with Gasteiger partial charge in [-0.05, 0) is 6.42 Å². The first-order chi connectivity index (χ1) is 8.66. The van der Waals surface area contributed by atoms with Crippen LogP contribution in [0.25, 0.3) is 0 Å². The third-order valence-electron chi connectivity index (χ3n) is 3.25. The molecule has 0 amide bonds. The fraction of sp³-hybridized carbons (Fsp3) is 1.00. The highest BCUT2D eigenvalue weighted by Gasteiger charge is 2.38. The Hall–Kier alpha value is -0.200. The molecule has 1 unspecified atom stereocenters. The van der Waals surface area contributed by atoms with Crippen molar-refractivity contribution in [2.24, 2.45) is 0 Å². The van der Waals surface area contributed by atoms with Crippen LogP contribution in [-0.2, 0) is 9.47 Å². The standard InChI is InChI=1S/C13H26O5/c1-2-3-4-5-6-7-8-17-12-10(14)9-18-13(16)11(12)15/h10-16H,2-9H2,1H3/t10-,11-,12+,13?/m1/s1. The van der Waals surface area contributed by atoms with Crippen LogP contribution in [0.5, 0.6) is 0 Å². The summed E-state index contributed by atoms with van der Waals surface area (Å²) < 4.78 is 10.2. The lowest BCUT2D eigenvalue weighted by Crippen LogP contribution is -2.54. The summed E-state index contributed by atoms with van der Waals surface area (Å²) in [6.07, 6.45) is 2.90. The van der Waals surface area contributed by atoms with Crippen LogP contribution in [0.15, 0.2) is 0 Å². The maximum atomic E-state index is 9.62. The average Bonchev–Trinajstić information content (AvgIpc) is 2.36. The molecule has 0 saturated carbocycles. The molecule has 18 heavy (non-hydrogen) atoms. The Balaban J connectivity index is 2.09. The summed E-state index contributed by atoms with van der Waals surface area (Å²) in [4.78, 5) is 0. The molecule has 1 saturated heterocycles. The van der Waals surface area contributed by atoms with Crippen LogP contribution in [0.4, 0.5) is 0 Å². The van der Waals surface area contributed by atoms with Gasteiger partial charge in [0.1, 0.15) is 18.3 Å². The number of aliphatic hydroxyl groups excluding tert-OH is 3. The maximum absolute atomic E-state index is 9.62. The zero-order valence-electron chi connectivity index (χ0n) is 11.1. The predicted octanol–water partition coefficient (Wildman–Crippen LogP) is 0.802. The number of ether oxygens (including phenoxy) is 2. The Morgan fingerprint density at radius 1 is 1.06 bits per heavy atom. The minimum Gasteiger partial charge on any atom is -0.388 e. The van der Waals surface area contributed by atoms with Crippen molar-refractivity contribution >= 4 is 0 Å². The molecule has 1 aliphatic heterocycles. The SMILES string of the molecule is CCCCCCCCO[C@H]1[C@H](O)COC(O)[C@@H]1O. The van der Waals surface area contributed by atoms with E-state index < -0.39 is 24.6 Å². The third kappa shape index (κ3) is 5.20. The second-order valence-electron chi connectivity index (χ2n) is 4.89. The molecule has 0 spiro atoms. The second-order valence-corrected chi connectivity index (χ2v) is 4.89. The van der Waals surface area contributed by atoms with E-state index in [1.807, 2.05) is 0 Å². The van der Waals surface area contributed by atoms with Crippen molar-refractivity contribution in [1.82, 2.24) is 0 Å². The van der Waals surface area contributed by atoms with Gasteiger partial charge in [0.05, 0.1) is 6.61 Å². The molecule has 5 heteroatoms. The number of unbranched alkanes of at least 4 members (excludes halogenated alkanes) is 5. The minimum absolute atomic E-state index is 0.000602. The number of hydrogen-bond donors (Lipinski definition) is 3. The highest BCUT2D eigenvalue weighted by molar-refractivity contribution is 4.83. The molecular formula is C13H26O5. The molecule has 1 rings (SSSR count). The number of aliphatic hydroxyl groups is 3. The molecule has 5 nitrogen and oxygen atoms in total. The van der Waals surface area contributed by atoms with Gasteiger partial charge in [0.2, 0.25) is 0 Å². The van der Waals surface area contributed by atoms with Crippen molar-refractivity contribution in [1.29, 1.82) is 0 Å². The van der Waals surface area contributed by atoms with Crippen LogP contribution in [0, 0.1) is 0 Å². The van der Waals surface area contributed by atoms with Crippen LogP contribution in [0.2, 0.25) is 0 Å². The first kappa shape index (κ1) is 15.9. The zero-order valence-corrected chi connectivity index (χ0v) is 11.1. The van der Waals surface area contributed by atoms with E-state index >= 15 is 0 Å². The fourth-order valence-electron chi connectivity index (χ4n) is 2.09. The van der Waals surface area contributed by atoms with E-state index in [4.69, 9.17) is 9.47 Å². The maximum Gasteiger partial charge on any atom is 0.183 e. The van der Waals surface area contributed by atoms with Crippen molar-refractivity contribution in [3.8, 4) is 0 Å².